The number of hydrogen-bond donors (Lipinski definition) is 2. The SMILES string of the molecule is O=C(NC1CC2(CCNCC2)c2ccccc21)c1ccccc1. The molecule has 1 fully saturated rings. The maximum Gasteiger partial charge on any atom is 0.251 e. The first-order valence-corrected chi connectivity index (χ1v) is 8.45. The van der Waals surface area contributed by atoms with Crippen LogP contribution in [0.4, 0.5) is 0 Å². The van der Waals surface area contributed by atoms with Crippen LogP contribution in [0, 0.1) is 0 Å². The third-order valence-corrected chi connectivity index (χ3v) is 5.40. The number of piperidine rings is 1. The fourth-order valence-corrected chi connectivity index (χ4v) is 4.23. The second kappa shape index (κ2) is 5.82. The van der Waals surface area contributed by atoms with E-state index >= 15 is 0 Å². The summed E-state index contributed by atoms with van der Waals surface area (Å²) in [5.74, 6) is 0.0244. The first-order chi connectivity index (χ1) is 11.3. The normalized spacial score (nSPS) is 21.8. The van der Waals surface area contributed by atoms with Crippen LogP contribution >= 0.6 is 0 Å². The number of nitrogens with one attached hydrogen (secondary N) is 2. The lowest BCUT2D eigenvalue weighted by atomic mass is 9.74. The predicted molar refractivity (Wildman–Crippen MR) is 91.5 cm³/mol. The minimum Gasteiger partial charge on any atom is -0.345 e. The summed E-state index contributed by atoms with van der Waals surface area (Å²) in [5.41, 5.74) is 3.71. The molecule has 3 nitrogen and oxygen atoms in total. The lowest BCUT2D eigenvalue weighted by Crippen LogP contribution is -2.39. The van der Waals surface area contributed by atoms with Gasteiger partial charge < -0.3 is 10.6 Å². The van der Waals surface area contributed by atoms with Gasteiger partial charge in [0.25, 0.3) is 5.91 Å². The molecule has 1 unspecified atom stereocenters. The van der Waals surface area contributed by atoms with Gasteiger partial charge in [-0.25, -0.2) is 0 Å². The Labute approximate surface area is 137 Å². The standard InChI is InChI=1S/C20H22N2O/c23-19(15-6-2-1-3-7-15)22-18-14-20(10-12-21-13-11-20)17-9-5-4-8-16(17)18/h1-9,18,21H,10-14H2,(H,22,23). The fourth-order valence-electron chi connectivity index (χ4n) is 4.23. The molecular weight excluding hydrogens is 284 g/mol. The predicted octanol–water partition coefficient (Wildman–Crippen LogP) is 3.18. The highest BCUT2D eigenvalue weighted by atomic mass is 16.1. The van der Waals surface area contributed by atoms with E-state index in [1.807, 2.05) is 30.3 Å². The summed E-state index contributed by atoms with van der Waals surface area (Å²) in [6.45, 7) is 2.13. The zero-order chi connectivity index (χ0) is 15.7. The van der Waals surface area contributed by atoms with Crippen molar-refractivity contribution in [2.24, 2.45) is 0 Å². The molecule has 1 saturated heterocycles. The van der Waals surface area contributed by atoms with Gasteiger partial charge in [-0.15, -0.1) is 0 Å². The summed E-state index contributed by atoms with van der Waals surface area (Å²) < 4.78 is 0. The summed E-state index contributed by atoms with van der Waals surface area (Å²) in [5, 5.41) is 6.72. The van der Waals surface area contributed by atoms with Gasteiger partial charge >= 0.3 is 0 Å². The first kappa shape index (κ1) is 14.5. The molecule has 1 aliphatic heterocycles. The van der Waals surface area contributed by atoms with Crippen LogP contribution in [0.25, 0.3) is 0 Å². The molecule has 2 N–H and O–H groups in total. The zero-order valence-corrected chi connectivity index (χ0v) is 13.2. The number of benzene rings is 2. The number of amides is 1. The Morgan fingerprint density at radius 3 is 2.48 bits per heavy atom. The minimum absolute atomic E-state index is 0.0244. The molecule has 0 saturated carbocycles. The quantitative estimate of drug-likeness (QED) is 0.894. The van der Waals surface area contributed by atoms with Crippen LogP contribution in [0.5, 0.6) is 0 Å². The van der Waals surface area contributed by atoms with E-state index in [0.29, 0.717) is 0 Å². The number of carbonyl (C=O) groups is 1. The number of fused-ring (bicyclic) bond motifs is 2. The van der Waals surface area contributed by atoms with Crippen molar-refractivity contribution in [1.29, 1.82) is 0 Å². The molecule has 1 heterocycles. The molecule has 2 aromatic rings. The largest absolute Gasteiger partial charge is 0.345 e. The first-order valence-electron chi connectivity index (χ1n) is 8.45. The summed E-state index contributed by atoms with van der Waals surface area (Å²) in [6, 6.07) is 18.3. The Morgan fingerprint density at radius 1 is 1.00 bits per heavy atom. The zero-order valence-electron chi connectivity index (χ0n) is 13.2. The molecule has 0 aromatic heterocycles. The average molecular weight is 306 g/mol. The lowest BCUT2D eigenvalue weighted by Gasteiger charge is -2.35. The van der Waals surface area contributed by atoms with Crippen LogP contribution < -0.4 is 10.6 Å². The van der Waals surface area contributed by atoms with Gasteiger partial charge in [0.1, 0.15) is 0 Å². The van der Waals surface area contributed by atoms with Crippen molar-refractivity contribution in [3.63, 3.8) is 0 Å². The maximum atomic E-state index is 12.6. The topological polar surface area (TPSA) is 41.1 Å². The minimum atomic E-state index is 0.0244. The van der Waals surface area contributed by atoms with Gasteiger partial charge in [0.15, 0.2) is 0 Å². The second-order valence-electron chi connectivity index (χ2n) is 6.71. The molecule has 1 aliphatic carbocycles. The second-order valence-corrected chi connectivity index (χ2v) is 6.71. The fraction of sp³-hybridized carbons (Fsp3) is 0.350. The molecule has 2 aliphatic rings. The van der Waals surface area contributed by atoms with Crippen LogP contribution in [-0.4, -0.2) is 19.0 Å². The molecule has 1 amide bonds. The van der Waals surface area contributed by atoms with Gasteiger partial charge in [-0.3, -0.25) is 4.79 Å². The molecule has 2 aromatic carbocycles. The highest BCUT2D eigenvalue weighted by Gasteiger charge is 2.44. The maximum absolute atomic E-state index is 12.6. The van der Waals surface area contributed by atoms with Gasteiger partial charge in [0.2, 0.25) is 0 Å². The number of hydrogen-bond acceptors (Lipinski definition) is 2. The summed E-state index contributed by atoms with van der Waals surface area (Å²) in [7, 11) is 0. The van der Waals surface area contributed by atoms with E-state index < -0.39 is 0 Å². The molecule has 118 valence electrons. The molecular formula is C20H22N2O. The van der Waals surface area contributed by atoms with E-state index in [4.69, 9.17) is 0 Å². The Morgan fingerprint density at radius 2 is 1.70 bits per heavy atom. The van der Waals surface area contributed by atoms with E-state index in [0.717, 1.165) is 37.9 Å². The molecule has 23 heavy (non-hydrogen) atoms. The average Bonchev–Trinajstić information content (AvgIpc) is 2.90. The van der Waals surface area contributed by atoms with Gasteiger partial charge in [-0.05, 0) is 55.6 Å². The van der Waals surface area contributed by atoms with Crippen LogP contribution in [-0.2, 0) is 5.41 Å². The number of rotatable bonds is 2. The van der Waals surface area contributed by atoms with E-state index in [1.165, 1.54) is 11.1 Å². The van der Waals surface area contributed by atoms with E-state index in [2.05, 4.69) is 34.9 Å². The van der Waals surface area contributed by atoms with Gasteiger partial charge in [-0.1, -0.05) is 42.5 Å². The van der Waals surface area contributed by atoms with Crippen molar-refractivity contribution in [3.8, 4) is 0 Å². The van der Waals surface area contributed by atoms with Gasteiger partial charge in [0, 0.05) is 11.0 Å². The molecule has 3 heteroatoms. The summed E-state index contributed by atoms with van der Waals surface area (Å²) in [6.07, 6.45) is 3.33. The van der Waals surface area contributed by atoms with Gasteiger partial charge in [-0.2, -0.15) is 0 Å². The third kappa shape index (κ3) is 2.55. The smallest absolute Gasteiger partial charge is 0.251 e. The molecule has 0 radical (unpaired) electrons. The van der Waals surface area contributed by atoms with E-state index in [1.54, 1.807) is 0 Å². The summed E-state index contributed by atoms with van der Waals surface area (Å²) >= 11 is 0. The summed E-state index contributed by atoms with van der Waals surface area (Å²) in [4.78, 5) is 12.6. The van der Waals surface area contributed by atoms with Crippen molar-refractivity contribution in [1.82, 2.24) is 10.6 Å². The van der Waals surface area contributed by atoms with E-state index in [-0.39, 0.29) is 17.4 Å². The van der Waals surface area contributed by atoms with Crippen molar-refractivity contribution >= 4 is 5.91 Å². The Hall–Kier alpha value is -2.13. The van der Waals surface area contributed by atoms with Crippen LogP contribution in [0.2, 0.25) is 0 Å². The van der Waals surface area contributed by atoms with Crippen LogP contribution in [0.3, 0.4) is 0 Å². The van der Waals surface area contributed by atoms with Gasteiger partial charge in [0.05, 0.1) is 6.04 Å². The van der Waals surface area contributed by atoms with Crippen LogP contribution in [0.15, 0.2) is 54.6 Å². The Bertz CT molecular complexity index is 705. The van der Waals surface area contributed by atoms with Crippen LogP contribution in [0.1, 0.15) is 46.8 Å². The number of carbonyl (C=O) groups excluding carboxylic acids is 1. The molecule has 1 atom stereocenters. The molecule has 0 bridgehead atoms. The monoisotopic (exact) mass is 306 g/mol. The Kier molecular flexibility index (Phi) is 3.66. The highest BCUT2D eigenvalue weighted by Crippen LogP contribution is 2.49. The van der Waals surface area contributed by atoms with Crippen molar-refractivity contribution < 1.29 is 4.79 Å². The Balaban J connectivity index is 1.62. The van der Waals surface area contributed by atoms with Crippen molar-refractivity contribution in [3.05, 3.63) is 71.3 Å². The third-order valence-electron chi connectivity index (χ3n) is 5.40. The van der Waals surface area contributed by atoms with Crippen molar-refractivity contribution in [2.45, 2.75) is 30.7 Å². The van der Waals surface area contributed by atoms with Crippen molar-refractivity contribution in [2.75, 3.05) is 13.1 Å². The lowest BCUT2D eigenvalue weighted by molar-refractivity contribution is 0.0931. The molecule has 4 rings (SSSR count). The molecule has 1 spiro atoms. The highest BCUT2D eigenvalue weighted by molar-refractivity contribution is 5.94. The van der Waals surface area contributed by atoms with E-state index in [9.17, 15) is 4.79 Å².